The molecule has 2 aliphatic rings. The van der Waals surface area contributed by atoms with E-state index in [4.69, 9.17) is 5.73 Å². The van der Waals surface area contributed by atoms with Gasteiger partial charge in [-0.15, -0.1) is 0 Å². The number of urea groups is 1. The van der Waals surface area contributed by atoms with Gasteiger partial charge in [-0.2, -0.15) is 0 Å². The molecule has 3 amide bonds. The maximum Gasteiger partial charge on any atom is 0.321 e. The lowest BCUT2D eigenvalue weighted by atomic mass is 9.83. The highest BCUT2D eigenvalue weighted by Crippen LogP contribution is 2.32. The summed E-state index contributed by atoms with van der Waals surface area (Å²) in [5.74, 6) is -0.242. The standard InChI is InChI=1S/C20H30N4O2/c1-15-6-7-16(2)17(14-15)22-19(26)23-12-8-20(9-13-23,18(21)25)24-10-4-3-5-11-24/h6-7,14H,3-5,8-13H2,1-2H3,(H2,21,25)(H,22,26). The van der Waals surface area contributed by atoms with Crippen LogP contribution in [0.4, 0.5) is 10.5 Å². The summed E-state index contributed by atoms with van der Waals surface area (Å²) < 4.78 is 0. The number of anilines is 1. The summed E-state index contributed by atoms with van der Waals surface area (Å²) in [6.07, 6.45) is 4.68. The number of likely N-dealkylation sites (tertiary alicyclic amines) is 2. The second-order valence-corrected chi connectivity index (χ2v) is 7.68. The van der Waals surface area contributed by atoms with E-state index in [1.807, 2.05) is 32.0 Å². The molecule has 0 radical (unpaired) electrons. The molecule has 1 aromatic rings. The number of piperidine rings is 2. The number of carbonyl (C=O) groups is 2. The van der Waals surface area contributed by atoms with Crippen molar-refractivity contribution >= 4 is 17.6 Å². The third-order valence-electron chi connectivity index (χ3n) is 5.93. The van der Waals surface area contributed by atoms with E-state index in [1.54, 1.807) is 4.90 Å². The highest BCUT2D eigenvalue weighted by molar-refractivity contribution is 5.91. The zero-order valence-corrected chi connectivity index (χ0v) is 15.9. The van der Waals surface area contributed by atoms with Gasteiger partial charge in [-0.05, 0) is 69.8 Å². The molecule has 0 saturated carbocycles. The van der Waals surface area contributed by atoms with E-state index in [1.165, 1.54) is 6.42 Å². The first kappa shape index (κ1) is 18.7. The summed E-state index contributed by atoms with van der Waals surface area (Å²) in [6.45, 7) is 6.96. The zero-order chi connectivity index (χ0) is 18.7. The number of nitrogens with two attached hydrogens (primary N) is 1. The Morgan fingerprint density at radius 3 is 2.31 bits per heavy atom. The van der Waals surface area contributed by atoms with Crippen LogP contribution >= 0.6 is 0 Å². The highest BCUT2D eigenvalue weighted by atomic mass is 16.2. The molecule has 0 aliphatic carbocycles. The quantitative estimate of drug-likeness (QED) is 0.872. The van der Waals surface area contributed by atoms with Crippen molar-refractivity contribution in [2.45, 2.75) is 51.5 Å². The Hall–Kier alpha value is -2.08. The van der Waals surface area contributed by atoms with E-state index in [9.17, 15) is 9.59 Å². The van der Waals surface area contributed by atoms with Gasteiger partial charge < -0.3 is 16.0 Å². The summed E-state index contributed by atoms with van der Waals surface area (Å²) in [6, 6.07) is 5.93. The molecule has 3 N–H and O–H groups in total. The van der Waals surface area contributed by atoms with Crippen LogP contribution in [0.15, 0.2) is 18.2 Å². The van der Waals surface area contributed by atoms with E-state index >= 15 is 0 Å². The average Bonchev–Trinajstić information content (AvgIpc) is 2.65. The molecule has 0 unspecified atom stereocenters. The molecular formula is C20H30N4O2. The van der Waals surface area contributed by atoms with Gasteiger partial charge in [0.1, 0.15) is 5.54 Å². The van der Waals surface area contributed by atoms with Crippen molar-refractivity contribution in [2.75, 3.05) is 31.5 Å². The van der Waals surface area contributed by atoms with Gasteiger partial charge in [0, 0.05) is 18.8 Å². The minimum absolute atomic E-state index is 0.101. The minimum atomic E-state index is -0.587. The van der Waals surface area contributed by atoms with E-state index in [-0.39, 0.29) is 11.9 Å². The second kappa shape index (κ2) is 7.66. The summed E-state index contributed by atoms with van der Waals surface area (Å²) in [5, 5.41) is 3.01. The lowest BCUT2D eigenvalue weighted by Gasteiger charge is -2.48. The van der Waals surface area contributed by atoms with Gasteiger partial charge in [0.05, 0.1) is 0 Å². The maximum absolute atomic E-state index is 12.7. The van der Waals surface area contributed by atoms with Crippen molar-refractivity contribution in [2.24, 2.45) is 5.73 Å². The average molecular weight is 358 g/mol. The van der Waals surface area contributed by atoms with E-state index in [2.05, 4.69) is 10.2 Å². The van der Waals surface area contributed by atoms with Crippen LogP contribution in [-0.2, 0) is 4.79 Å². The first-order valence-corrected chi connectivity index (χ1v) is 9.60. The minimum Gasteiger partial charge on any atom is -0.368 e. The lowest BCUT2D eigenvalue weighted by molar-refractivity contribution is -0.134. The molecule has 26 heavy (non-hydrogen) atoms. The Balaban J connectivity index is 1.65. The van der Waals surface area contributed by atoms with E-state index in [0.29, 0.717) is 25.9 Å². The molecule has 0 aromatic heterocycles. The van der Waals surface area contributed by atoms with Gasteiger partial charge in [-0.25, -0.2) is 4.79 Å². The molecule has 2 fully saturated rings. The summed E-state index contributed by atoms with van der Waals surface area (Å²) in [5.41, 5.74) is 8.23. The predicted octanol–water partition coefficient (Wildman–Crippen LogP) is 2.64. The summed E-state index contributed by atoms with van der Waals surface area (Å²) in [7, 11) is 0. The highest BCUT2D eigenvalue weighted by Gasteiger charge is 2.45. The van der Waals surface area contributed by atoms with Gasteiger partial charge >= 0.3 is 6.03 Å². The zero-order valence-electron chi connectivity index (χ0n) is 15.9. The van der Waals surface area contributed by atoms with E-state index < -0.39 is 5.54 Å². The number of hydrogen-bond donors (Lipinski definition) is 2. The fraction of sp³-hybridized carbons (Fsp3) is 0.600. The Kier molecular flexibility index (Phi) is 5.51. The molecule has 2 heterocycles. The third-order valence-corrected chi connectivity index (χ3v) is 5.93. The van der Waals surface area contributed by atoms with Crippen molar-refractivity contribution in [3.8, 4) is 0 Å². The maximum atomic E-state index is 12.7. The molecule has 3 rings (SSSR count). The monoisotopic (exact) mass is 358 g/mol. The Morgan fingerprint density at radius 2 is 1.69 bits per heavy atom. The van der Waals surface area contributed by atoms with Crippen LogP contribution in [0.3, 0.4) is 0 Å². The summed E-state index contributed by atoms with van der Waals surface area (Å²) >= 11 is 0. The molecule has 0 bridgehead atoms. The lowest BCUT2D eigenvalue weighted by Crippen LogP contribution is -2.64. The molecule has 2 saturated heterocycles. The topological polar surface area (TPSA) is 78.7 Å². The van der Waals surface area contributed by atoms with Crippen LogP contribution in [-0.4, -0.2) is 53.5 Å². The number of nitrogens with zero attached hydrogens (tertiary/aromatic N) is 2. The molecule has 2 aliphatic heterocycles. The van der Waals surface area contributed by atoms with Gasteiger partial charge in [0.15, 0.2) is 0 Å². The van der Waals surface area contributed by atoms with Crippen LogP contribution in [0.1, 0.15) is 43.2 Å². The molecule has 142 valence electrons. The smallest absolute Gasteiger partial charge is 0.321 e. The Bertz CT molecular complexity index is 674. The predicted molar refractivity (Wildman–Crippen MR) is 103 cm³/mol. The third kappa shape index (κ3) is 3.70. The molecule has 0 spiro atoms. The van der Waals surface area contributed by atoms with Gasteiger partial charge in [0.25, 0.3) is 0 Å². The van der Waals surface area contributed by atoms with E-state index in [0.717, 1.165) is 42.7 Å². The molecule has 0 atom stereocenters. The molecular weight excluding hydrogens is 328 g/mol. The van der Waals surface area contributed by atoms with Crippen LogP contribution < -0.4 is 11.1 Å². The van der Waals surface area contributed by atoms with Crippen LogP contribution in [0.25, 0.3) is 0 Å². The van der Waals surface area contributed by atoms with Crippen LogP contribution in [0.2, 0.25) is 0 Å². The largest absolute Gasteiger partial charge is 0.368 e. The number of rotatable bonds is 3. The molecule has 6 nitrogen and oxygen atoms in total. The fourth-order valence-electron chi connectivity index (χ4n) is 4.18. The summed E-state index contributed by atoms with van der Waals surface area (Å²) in [4.78, 5) is 29.0. The van der Waals surface area contributed by atoms with Gasteiger partial charge in [-0.1, -0.05) is 18.6 Å². The normalized spacial score (nSPS) is 20.6. The van der Waals surface area contributed by atoms with Crippen molar-refractivity contribution in [1.29, 1.82) is 0 Å². The van der Waals surface area contributed by atoms with Crippen molar-refractivity contribution in [1.82, 2.24) is 9.80 Å². The van der Waals surface area contributed by atoms with Gasteiger partial charge in [0.2, 0.25) is 5.91 Å². The number of amides is 3. The first-order chi connectivity index (χ1) is 12.4. The number of benzene rings is 1. The van der Waals surface area contributed by atoms with Crippen molar-refractivity contribution in [3.05, 3.63) is 29.3 Å². The Morgan fingerprint density at radius 1 is 1.04 bits per heavy atom. The van der Waals surface area contributed by atoms with Crippen molar-refractivity contribution < 1.29 is 9.59 Å². The molecule has 6 heteroatoms. The number of nitrogens with one attached hydrogen (secondary N) is 1. The first-order valence-electron chi connectivity index (χ1n) is 9.60. The SMILES string of the molecule is Cc1ccc(C)c(NC(=O)N2CCC(C(N)=O)(N3CCCCC3)CC2)c1. The van der Waals surface area contributed by atoms with Crippen LogP contribution in [0.5, 0.6) is 0 Å². The number of carbonyl (C=O) groups excluding carboxylic acids is 2. The van der Waals surface area contributed by atoms with Crippen molar-refractivity contribution in [3.63, 3.8) is 0 Å². The Labute approximate surface area is 155 Å². The number of aryl methyl sites for hydroxylation is 2. The second-order valence-electron chi connectivity index (χ2n) is 7.68. The number of hydrogen-bond acceptors (Lipinski definition) is 3. The molecule has 1 aromatic carbocycles. The fourth-order valence-corrected chi connectivity index (χ4v) is 4.18. The van der Waals surface area contributed by atoms with Gasteiger partial charge in [-0.3, -0.25) is 9.69 Å². The number of primary amides is 1. The van der Waals surface area contributed by atoms with Crippen LogP contribution in [0, 0.1) is 13.8 Å².